The topological polar surface area (TPSA) is 29.3 Å². The molecule has 2 heteroatoms. The lowest BCUT2D eigenvalue weighted by atomic mass is 9.90. The van der Waals surface area contributed by atoms with Gasteiger partial charge in [0.05, 0.1) is 0 Å². The Morgan fingerprint density at radius 1 is 1.11 bits per heavy atom. The van der Waals surface area contributed by atoms with Gasteiger partial charge in [0, 0.05) is 18.1 Å². The van der Waals surface area contributed by atoms with Crippen LogP contribution >= 0.6 is 0 Å². The van der Waals surface area contributed by atoms with Gasteiger partial charge in [0.15, 0.2) is 0 Å². The molecule has 0 aromatic heterocycles. The molecule has 2 atom stereocenters. The summed E-state index contributed by atoms with van der Waals surface area (Å²) >= 11 is 0. The Balaban J connectivity index is 2.02. The number of hydrogen-bond donors (Lipinski definition) is 1. The van der Waals surface area contributed by atoms with Gasteiger partial charge in [-0.3, -0.25) is 4.90 Å². The highest BCUT2D eigenvalue weighted by Crippen LogP contribution is 2.41. The second-order valence-electron chi connectivity index (χ2n) is 6.70. The van der Waals surface area contributed by atoms with E-state index in [-0.39, 0.29) is 0 Å². The molecule has 106 valence electrons. The highest BCUT2D eigenvalue weighted by Gasteiger charge is 2.42. The van der Waals surface area contributed by atoms with E-state index in [2.05, 4.69) is 18.9 Å². The van der Waals surface area contributed by atoms with Crippen LogP contribution in [-0.4, -0.2) is 30.1 Å². The van der Waals surface area contributed by atoms with Crippen LogP contribution in [0.15, 0.2) is 0 Å². The number of rotatable bonds is 4. The van der Waals surface area contributed by atoms with E-state index in [9.17, 15) is 0 Å². The summed E-state index contributed by atoms with van der Waals surface area (Å²) in [5.41, 5.74) is 6.52. The van der Waals surface area contributed by atoms with Crippen molar-refractivity contribution >= 4 is 0 Å². The fourth-order valence-corrected chi connectivity index (χ4v) is 4.24. The monoisotopic (exact) mass is 252 g/mol. The minimum absolute atomic E-state index is 0.329. The first-order chi connectivity index (χ1) is 8.72. The Morgan fingerprint density at radius 2 is 1.78 bits per heavy atom. The number of nitrogens with two attached hydrogens (primary N) is 1. The van der Waals surface area contributed by atoms with Crippen molar-refractivity contribution in [2.75, 3.05) is 13.6 Å². The Labute approximate surface area is 113 Å². The smallest absolute Gasteiger partial charge is 0.0334 e. The summed E-state index contributed by atoms with van der Waals surface area (Å²) in [7, 11) is 2.36. The lowest BCUT2D eigenvalue weighted by Gasteiger charge is -2.43. The molecule has 2 saturated carbocycles. The summed E-state index contributed by atoms with van der Waals surface area (Å²) in [6, 6.07) is 0.798. The normalized spacial score (nSPS) is 35.0. The average molecular weight is 252 g/mol. The van der Waals surface area contributed by atoms with Crippen LogP contribution in [-0.2, 0) is 0 Å². The molecule has 2 rings (SSSR count). The minimum Gasteiger partial charge on any atom is -0.329 e. The number of likely N-dealkylation sites (N-methyl/N-ethyl adjacent to an activating group) is 1. The van der Waals surface area contributed by atoms with E-state index in [4.69, 9.17) is 5.73 Å². The molecule has 0 amide bonds. The fraction of sp³-hybridized carbons (Fsp3) is 1.00. The van der Waals surface area contributed by atoms with Crippen LogP contribution in [0, 0.1) is 5.92 Å². The van der Waals surface area contributed by atoms with Crippen molar-refractivity contribution in [2.45, 2.75) is 82.7 Å². The molecule has 0 aromatic rings. The van der Waals surface area contributed by atoms with Gasteiger partial charge in [-0.05, 0) is 45.1 Å². The van der Waals surface area contributed by atoms with Crippen LogP contribution < -0.4 is 5.73 Å². The molecule has 0 radical (unpaired) electrons. The van der Waals surface area contributed by atoms with Crippen LogP contribution in [0.25, 0.3) is 0 Å². The van der Waals surface area contributed by atoms with Crippen LogP contribution in [0.5, 0.6) is 0 Å². The van der Waals surface area contributed by atoms with Gasteiger partial charge >= 0.3 is 0 Å². The third-order valence-electron chi connectivity index (χ3n) is 5.76. The maximum Gasteiger partial charge on any atom is 0.0334 e. The highest BCUT2D eigenvalue weighted by atomic mass is 15.2. The fourth-order valence-electron chi connectivity index (χ4n) is 4.24. The van der Waals surface area contributed by atoms with E-state index < -0.39 is 0 Å². The summed E-state index contributed by atoms with van der Waals surface area (Å²) in [6.07, 6.45) is 13.9. The largest absolute Gasteiger partial charge is 0.329 e. The Hall–Kier alpha value is -0.0800. The minimum atomic E-state index is 0.329. The van der Waals surface area contributed by atoms with Crippen LogP contribution in [0.2, 0.25) is 0 Å². The Morgan fingerprint density at radius 3 is 2.28 bits per heavy atom. The standard InChI is InChI=1S/C16H32N2/c1-3-14-10-11-16(12-14,13-17)18(2)15-8-6-4-5-7-9-15/h14-15H,3-13,17H2,1-2H3. The van der Waals surface area contributed by atoms with E-state index in [1.165, 1.54) is 64.2 Å². The third kappa shape index (κ3) is 2.91. The van der Waals surface area contributed by atoms with Gasteiger partial charge in [-0.1, -0.05) is 39.0 Å². The van der Waals surface area contributed by atoms with Gasteiger partial charge in [0.25, 0.3) is 0 Å². The molecule has 0 aliphatic heterocycles. The predicted octanol–water partition coefficient (Wildman–Crippen LogP) is 3.55. The molecular weight excluding hydrogens is 220 g/mol. The quantitative estimate of drug-likeness (QED) is 0.775. The molecule has 2 aliphatic rings. The Kier molecular flexibility index (Phi) is 5.08. The van der Waals surface area contributed by atoms with Gasteiger partial charge in [-0.15, -0.1) is 0 Å². The van der Waals surface area contributed by atoms with E-state index >= 15 is 0 Å². The molecule has 0 aromatic carbocycles. The van der Waals surface area contributed by atoms with Crippen LogP contribution in [0.3, 0.4) is 0 Å². The van der Waals surface area contributed by atoms with Crippen LogP contribution in [0.4, 0.5) is 0 Å². The zero-order chi connectivity index (χ0) is 13.0. The molecule has 2 aliphatic carbocycles. The zero-order valence-corrected chi connectivity index (χ0v) is 12.5. The van der Waals surface area contributed by atoms with Crippen LogP contribution in [0.1, 0.15) is 71.1 Å². The summed E-state index contributed by atoms with van der Waals surface area (Å²) < 4.78 is 0. The average Bonchev–Trinajstić information content (AvgIpc) is 2.65. The van der Waals surface area contributed by atoms with Gasteiger partial charge in [0.1, 0.15) is 0 Å². The lowest BCUT2D eigenvalue weighted by molar-refractivity contribution is 0.0697. The second-order valence-corrected chi connectivity index (χ2v) is 6.70. The summed E-state index contributed by atoms with van der Waals surface area (Å²) in [6.45, 7) is 3.19. The summed E-state index contributed by atoms with van der Waals surface area (Å²) in [4.78, 5) is 2.70. The molecule has 0 bridgehead atoms. The maximum absolute atomic E-state index is 6.19. The Bertz CT molecular complexity index is 245. The molecule has 2 fully saturated rings. The van der Waals surface area contributed by atoms with Crippen molar-refractivity contribution in [3.63, 3.8) is 0 Å². The van der Waals surface area contributed by atoms with E-state index in [0.29, 0.717) is 5.54 Å². The molecule has 2 nitrogen and oxygen atoms in total. The van der Waals surface area contributed by atoms with Gasteiger partial charge < -0.3 is 5.73 Å². The summed E-state index contributed by atoms with van der Waals surface area (Å²) in [5.74, 6) is 0.918. The van der Waals surface area contributed by atoms with Gasteiger partial charge in [-0.25, -0.2) is 0 Å². The molecule has 2 unspecified atom stereocenters. The van der Waals surface area contributed by atoms with Crippen molar-refractivity contribution in [3.8, 4) is 0 Å². The molecular formula is C16H32N2. The molecule has 2 N–H and O–H groups in total. The second kappa shape index (κ2) is 6.38. The van der Waals surface area contributed by atoms with Crippen molar-refractivity contribution in [1.82, 2.24) is 4.90 Å². The summed E-state index contributed by atoms with van der Waals surface area (Å²) in [5, 5.41) is 0. The lowest BCUT2D eigenvalue weighted by Crippen LogP contribution is -2.54. The van der Waals surface area contributed by atoms with E-state index in [1.807, 2.05) is 0 Å². The third-order valence-corrected chi connectivity index (χ3v) is 5.76. The number of nitrogens with zero attached hydrogens (tertiary/aromatic N) is 1. The highest BCUT2D eigenvalue weighted by molar-refractivity contribution is 4.99. The van der Waals surface area contributed by atoms with E-state index in [0.717, 1.165) is 18.5 Å². The van der Waals surface area contributed by atoms with Crippen molar-refractivity contribution < 1.29 is 0 Å². The van der Waals surface area contributed by atoms with Crippen molar-refractivity contribution in [2.24, 2.45) is 11.7 Å². The first kappa shape index (κ1) is 14.3. The molecule has 18 heavy (non-hydrogen) atoms. The zero-order valence-electron chi connectivity index (χ0n) is 12.5. The van der Waals surface area contributed by atoms with Crippen molar-refractivity contribution in [3.05, 3.63) is 0 Å². The first-order valence-electron chi connectivity index (χ1n) is 8.15. The van der Waals surface area contributed by atoms with Crippen molar-refractivity contribution in [1.29, 1.82) is 0 Å². The molecule has 0 spiro atoms. The molecule has 0 saturated heterocycles. The number of hydrogen-bond acceptors (Lipinski definition) is 2. The van der Waals surface area contributed by atoms with Gasteiger partial charge in [0.2, 0.25) is 0 Å². The van der Waals surface area contributed by atoms with Gasteiger partial charge in [-0.2, -0.15) is 0 Å². The maximum atomic E-state index is 6.19. The van der Waals surface area contributed by atoms with E-state index in [1.54, 1.807) is 0 Å². The predicted molar refractivity (Wildman–Crippen MR) is 78.7 cm³/mol. The first-order valence-corrected chi connectivity index (χ1v) is 8.15. The SMILES string of the molecule is CCC1CCC(CN)(N(C)C2CCCCCC2)C1. The molecule has 0 heterocycles.